The number of carbonyl (C=O) groups excluding carboxylic acids is 1. The molecule has 1 N–H and O–H groups in total. The van der Waals surface area contributed by atoms with Gasteiger partial charge >= 0.3 is 0 Å². The lowest BCUT2D eigenvalue weighted by atomic mass is 10.1. The third kappa shape index (κ3) is 3.07. The van der Waals surface area contributed by atoms with Gasteiger partial charge in [-0.05, 0) is 37.6 Å². The normalized spacial score (nSPS) is 11.4. The fraction of sp³-hybridized carbons (Fsp3) is 0.143. The lowest BCUT2D eigenvalue weighted by Gasteiger charge is -2.02. The molecule has 0 spiro atoms. The maximum absolute atomic E-state index is 12.8. The number of benzene rings is 1. The van der Waals surface area contributed by atoms with Crippen LogP contribution in [0.3, 0.4) is 0 Å². The van der Waals surface area contributed by atoms with E-state index in [4.69, 9.17) is 4.42 Å². The van der Waals surface area contributed by atoms with Crippen LogP contribution in [0.5, 0.6) is 0 Å². The maximum Gasteiger partial charge on any atom is 0.274 e. The Morgan fingerprint density at radius 2 is 1.95 bits per heavy atom. The first-order valence-corrected chi connectivity index (χ1v) is 5.72. The van der Waals surface area contributed by atoms with Gasteiger partial charge in [0.1, 0.15) is 11.6 Å². The molecular formula is C14H13FN2O2. The molecule has 0 unspecified atom stereocenters. The van der Waals surface area contributed by atoms with E-state index in [1.54, 1.807) is 32.0 Å². The number of hydrogen-bond donors (Lipinski definition) is 1. The van der Waals surface area contributed by atoms with Crippen molar-refractivity contribution in [2.24, 2.45) is 5.10 Å². The van der Waals surface area contributed by atoms with E-state index in [1.807, 2.05) is 0 Å². The number of furan rings is 1. The van der Waals surface area contributed by atoms with E-state index in [9.17, 15) is 9.18 Å². The predicted molar refractivity (Wildman–Crippen MR) is 69.5 cm³/mol. The molecule has 0 aliphatic rings. The molecule has 4 nitrogen and oxygen atoms in total. The van der Waals surface area contributed by atoms with Crippen molar-refractivity contribution >= 4 is 11.6 Å². The molecule has 19 heavy (non-hydrogen) atoms. The highest BCUT2D eigenvalue weighted by atomic mass is 19.1. The van der Waals surface area contributed by atoms with Gasteiger partial charge in [0.25, 0.3) is 5.91 Å². The fourth-order valence-electron chi connectivity index (χ4n) is 1.57. The average molecular weight is 260 g/mol. The van der Waals surface area contributed by atoms with Crippen LogP contribution in [0.2, 0.25) is 0 Å². The van der Waals surface area contributed by atoms with Crippen molar-refractivity contribution in [2.45, 2.75) is 13.8 Å². The number of hydrazone groups is 1. The predicted octanol–water partition coefficient (Wildman–Crippen LogP) is 2.88. The molecule has 0 atom stereocenters. The molecular weight excluding hydrogens is 247 g/mol. The van der Waals surface area contributed by atoms with Gasteiger partial charge in [-0.1, -0.05) is 12.1 Å². The first-order valence-electron chi connectivity index (χ1n) is 5.72. The largest absolute Gasteiger partial charge is 0.469 e. The van der Waals surface area contributed by atoms with Crippen molar-refractivity contribution in [1.82, 2.24) is 5.43 Å². The van der Waals surface area contributed by atoms with Crippen LogP contribution in [0.15, 0.2) is 46.1 Å². The van der Waals surface area contributed by atoms with E-state index < -0.39 is 0 Å². The van der Waals surface area contributed by atoms with Crippen LogP contribution in [0.25, 0.3) is 0 Å². The van der Waals surface area contributed by atoms with Crippen molar-refractivity contribution in [3.05, 3.63) is 59.3 Å². The second kappa shape index (κ2) is 5.48. The van der Waals surface area contributed by atoms with Crippen LogP contribution in [-0.2, 0) is 0 Å². The summed E-state index contributed by atoms with van der Waals surface area (Å²) >= 11 is 0. The zero-order chi connectivity index (χ0) is 13.8. The molecule has 2 rings (SSSR count). The van der Waals surface area contributed by atoms with Crippen LogP contribution in [0, 0.1) is 12.7 Å². The molecule has 1 heterocycles. The second-order valence-corrected chi connectivity index (χ2v) is 4.04. The summed E-state index contributed by atoms with van der Waals surface area (Å²) in [6.45, 7) is 3.43. The van der Waals surface area contributed by atoms with Gasteiger partial charge in [-0.2, -0.15) is 5.10 Å². The van der Waals surface area contributed by atoms with Gasteiger partial charge in [0.05, 0.1) is 17.5 Å². The highest BCUT2D eigenvalue weighted by Gasteiger charge is 2.10. The van der Waals surface area contributed by atoms with Crippen LogP contribution >= 0.6 is 0 Å². The Kier molecular flexibility index (Phi) is 3.75. The average Bonchev–Trinajstić information content (AvgIpc) is 2.83. The van der Waals surface area contributed by atoms with E-state index >= 15 is 0 Å². The molecule has 98 valence electrons. The Balaban J connectivity index is 2.08. The van der Waals surface area contributed by atoms with Crippen LogP contribution in [-0.4, -0.2) is 11.6 Å². The third-order valence-electron chi connectivity index (χ3n) is 2.69. The van der Waals surface area contributed by atoms with E-state index in [0.29, 0.717) is 17.0 Å². The van der Waals surface area contributed by atoms with Crippen molar-refractivity contribution in [2.75, 3.05) is 0 Å². The molecule has 0 aliphatic heterocycles. The van der Waals surface area contributed by atoms with Crippen LogP contribution in [0.1, 0.15) is 28.6 Å². The summed E-state index contributed by atoms with van der Waals surface area (Å²) < 4.78 is 17.8. The first-order chi connectivity index (χ1) is 9.08. The molecule has 0 bridgehead atoms. The molecule has 5 heteroatoms. The van der Waals surface area contributed by atoms with Gasteiger partial charge in [-0.15, -0.1) is 0 Å². The summed E-state index contributed by atoms with van der Waals surface area (Å²) in [7, 11) is 0. The quantitative estimate of drug-likeness (QED) is 0.681. The van der Waals surface area contributed by atoms with Crippen molar-refractivity contribution < 1.29 is 13.6 Å². The van der Waals surface area contributed by atoms with Gasteiger partial charge in [-0.3, -0.25) is 4.79 Å². The maximum atomic E-state index is 12.8. The van der Waals surface area contributed by atoms with Gasteiger partial charge in [-0.25, -0.2) is 9.82 Å². The number of halogens is 1. The molecule has 0 aliphatic carbocycles. The zero-order valence-corrected chi connectivity index (χ0v) is 10.6. The Bertz CT molecular complexity index is 615. The Morgan fingerprint density at radius 3 is 2.53 bits per heavy atom. The summed E-state index contributed by atoms with van der Waals surface area (Å²) in [5, 5.41) is 3.97. The molecule has 0 saturated carbocycles. The molecule has 0 fully saturated rings. The van der Waals surface area contributed by atoms with Gasteiger partial charge in [0.15, 0.2) is 0 Å². The summed E-state index contributed by atoms with van der Waals surface area (Å²) in [5.41, 5.74) is 4.21. The summed E-state index contributed by atoms with van der Waals surface area (Å²) in [6, 6.07) is 7.47. The van der Waals surface area contributed by atoms with Crippen LogP contribution in [0.4, 0.5) is 4.39 Å². The summed E-state index contributed by atoms with van der Waals surface area (Å²) in [4.78, 5) is 11.8. The first kappa shape index (κ1) is 13.0. The van der Waals surface area contributed by atoms with E-state index in [1.165, 1.54) is 18.4 Å². The van der Waals surface area contributed by atoms with Crippen LogP contribution < -0.4 is 5.43 Å². The molecule has 1 amide bonds. The topological polar surface area (TPSA) is 54.6 Å². The Morgan fingerprint density at radius 1 is 1.26 bits per heavy atom. The molecule has 0 saturated heterocycles. The molecule has 1 aromatic heterocycles. The lowest BCUT2D eigenvalue weighted by molar-refractivity contribution is 0.0953. The van der Waals surface area contributed by atoms with E-state index in [-0.39, 0.29) is 11.7 Å². The highest BCUT2D eigenvalue weighted by molar-refractivity contribution is 6.01. The highest BCUT2D eigenvalue weighted by Crippen LogP contribution is 2.08. The van der Waals surface area contributed by atoms with Gasteiger partial charge < -0.3 is 4.42 Å². The molecule has 0 radical (unpaired) electrons. The number of aryl methyl sites for hydroxylation is 1. The summed E-state index contributed by atoms with van der Waals surface area (Å²) in [6.07, 6.45) is 1.45. The number of nitrogens with zero attached hydrogens (tertiary/aromatic N) is 1. The Hall–Kier alpha value is -2.43. The smallest absolute Gasteiger partial charge is 0.274 e. The number of carbonyl (C=O) groups is 1. The Labute approximate surface area is 109 Å². The lowest BCUT2D eigenvalue weighted by Crippen LogP contribution is -2.19. The SMILES string of the molecule is C/C(=N\NC(=O)c1ccoc1C)c1ccc(F)cc1. The summed E-state index contributed by atoms with van der Waals surface area (Å²) in [5.74, 6) is -0.116. The fourth-order valence-corrected chi connectivity index (χ4v) is 1.57. The second-order valence-electron chi connectivity index (χ2n) is 4.04. The van der Waals surface area contributed by atoms with Gasteiger partial charge in [0, 0.05) is 0 Å². The minimum atomic E-state index is -0.340. The van der Waals surface area contributed by atoms with E-state index in [2.05, 4.69) is 10.5 Å². The van der Waals surface area contributed by atoms with Crippen molar-refractivity contribution in [3.63, 3.8) is 0 Å². The number of hydrogen-bond acceptors (Lipinski definition) is 3. The van der Waals surface area contributed by atoms with Gasteiger partial charge in [0.2, 0.25) is 0 Å². The standard InChI is InChI=1S/C14H13FN2O2/c1-9(11-3-5-12(15)6-4-11)16-17-14(18)13-7-8-19-10(13)2/h3-8H,1-2H3,(H,17,18)/b16-9+. The van der Waals surface area contributed by atoms with Crippen molar-refractivity contribution in [1.29, 1.82) is 0 Å². The third-order valence-corrected chi connectivity index (χ3v) is 2.69. The number of rotatable bonds is 3. The monoisotopic (exact) mass is 260 g/mol. The zero-order valence-electron chi connectivity index (χ0n) is 10.6. The molecule has 1 aromatic carbocycles. The number of nitrogens with one attached hydrogen (secondary N) is 1. The number of amides is 1. The molecule has 2 aromatic rings. The minimum absolute atomic E-state index is 0.311. The van der Waals surface area contributed by atoms with E-state index in [0.717, 1.165) is 5.56 Å². The minimum Gasteiger partial charge on any atom is -0.469 e. The van der Waals surface area contributed by atoms with Crippen molar-refractivity contribution in [3.8, 4) is 0 Å².